The molecule has 26 heavy (non-hydrogen) atoms. The van der Waals surface area contributed by atoms with Gasteiger partial charge in [0.2, 0.25) is 0 Å². The lowest BCUT2D eigenvalue weighted by Gasteiger charge is -2.42. The van der Waals surface area contributed by atoms with Crippen LogP contribution in [0.4, 0.5) is 5.69 Å². The molecule has 2 N–H and O–H groups in total. The molecule has 2 unspecified atom stereocenters. The van der Waals surface area contributed by atoms with Crippen molar-refractivity contribution in [2.45, 2.75) is 77.6 Å². The minimum absolute atomic E-state index is 0.455. The average Bonchev–Trinajstić information content (AvgIpc) is 2.64. The Labute approximate surface area is 160 Å². The molecule has 2 atom stereocenters. The number of aryl methyl sites for hydroxylation is 1. The number of rotatable bonds is 7. The molecule has 1 heteroatoms. The Morgan fingerprint density at radius 3 is 2.54 bits per heavy atom. The topological polar surface area (TPSA) is 26.0 Å². The maximum Gasteiger partial charge on any atom is 0.0314 e. The first kappa shape index (κ1) is 19.0. The second kappa shape index (κ2) is 8.75. The maximum absolute atomic E-state index is 5.91. The van der Waals surface area contributed by atoms with Crippen molar-refractivity contribution in [3.05, 3.63) is 65.2 Å². The minimum Gasteiger partial charge on any atom is -0.399 e. The van der Waals surface area contributed by atoms with Crippen LogP contribution in [0, 0.1) is 12.3 Å². The highest BCUT2D eigenvalue weighted by molar-refractivity contribution is 5.39. The second-order valence-electron chi connectivity index (χ2n) is 8.53. The van der Waals surface area contributed by atoms with Gasteiger partial charge in [-0.25, -0.2) is 0 Å². The van der Waals surface area contributed by atoms with Crippen LogP contribution in [-0.4, -0.2) is 0 Å². The molecule has 0 heterocycles. The normalized spacial score (nSPS) is 23.1. The fourth-order valence-electron chi connectivity index (χ4n) is 5.06. The van der Waals surface area contributed by atoms with E-state index < -0.39 is 0 Å². The van der Waals surface area contributed by atoms with Crippen molar-refractivity contribution in [3.8, 4) is 0 Å². The fourth-order valence-corrected chi connectivity index (χ4v) is 5.06. The average molecular weight is 350 g/mol. The van der Waals surface area contributed by atoms with Crippen LogP contribution in [0.25, 0.3) is 0 Å². The minimum atomic E-state index is 0.455. The van der Waals surface area contributed by atoms with E-state index in [0.29, 0.717) is 5.41 Å². The first-order chi connectivity index (χ1) is 12.6. The van der Waals surface area contributed by atoms with Gasteiger partial charge >= 0.3 is 0 Å². The van der Waals surface area contributed by atoms with Gasteiger partial charge in [-0.15, -0.1) is 0 Å². The third kappa shape index (κ3) is 4.69. The molecule has 140 valence electrons. The molecule has 3 rings (SSSR count). The first-order valence-electron chi connectivity index (χ1n) is 10.5. The molecular weight excluding hydrogens is 314 g/mol. The number of hydrogen-bond acceptors (Lipinski definition) is 1. The zero-order valence-corrected chi connectivity index (χ0v) is 16.6. The van der Waals surface area contributed by atoms with Crippen LogP contribution in [0.3, 0.4) is 0 Å². The summed E-state index contributed by atoms with van der Waals surface area (Å²) < 4.78 is 0. The van der Waals surface area contributed by atoms with Crippen LogP contribution in [0.2, 0.25) is 0 Å². The summed E-state index contributed by atoms with van der Waals surface area (Å²) in [6.07, 6.45) is 12.0. The van der Waals surface area contributed by atoms with Crippen molar-refractivity contribution in [1.82, 2.24) is 0 Å². The van der Waals surface area contributed by atoms with Crippen LogP contribution in [0.5, 0.6) is 0 Å². The number of anilines is 1. The summed E-state index contributed by atoms with van der Waals surface area (Å²) in [5.41, 5.74) is 11.7. The molecule has 0 saturated heterocycles. The van der Waals surface area contributed by atoms with E-state index >= 15 is 0 Å². The van der Waals surface area contributed by atoms with E-state index in [2.05, 4.69) is 62.4 Å². The van der Waals surface area contributed by atoms with Gasteiger partial charge in [-0.05, 0) is 79.2 Å². The van der Waals surface area contributed by atoms with Gasteiger partial charge in [-0.1, -0.05) is 69.0 Å². The zero-order chi connectivity index (χ0) is 18.4. The Hall–Kier alpha value is -1.76. The standard InChI is InChI=1S/C25H35N/c1-3-4-7-16-25(18-21-12-14-23(26)15-13-21)17-8-10-22(19-25)24-11-6-5-9-20(24)2/h5-6,9,11-15,22H,3-4,7-8,10,16-19,26H2,1-2H3. The Morgan fingerprint density at radius 1 is 1.04 bits per heavy atom. The van der Waals surface area contributed by atoms with Crippen molar-refractivity contribution in [3.63, 3.8) is 0 Å². The summed E-state index contributed by atoms with van der Waals surface area (Å²) in [5.74, 6) is 0.723. The van der Waals surface area contributed by atoms with Gasteiger partial charge in [-0.2, -0.15) is 0 Å². The SMILES string of the molecule is CCCCCC1(Cc2ccc(N)cc2)CCCC(c2ccccc2C)C1. The van der Waals surface area contributed by atoms with Gasteiger partial charge in [0.05, 0.1) is 0 Å². The fraction of sp³-hybridized carbons (Fsp3) is 0.520. The third-order valence-corrected chi connectivity index (χ3v) is 6.44. The van der Waals surface area contributed by atoms with Crippen molar-refractivity contribution in [1.29, 1.82) is 0 Å². The monoisotopic (exact) mass is 349 g/mol. The van der Waals surface area contributed by atoms with Gasteiger partial charge in [0.25, 0.3) is 0 Å². The highest BCUT2D eigenvalue weighted by Crippen LogP contribution is 2.49. The molecule has 1 aliphatic rings. The third-order valence-electron chi connectivity index (χ3n) is 6.44. The highest BCUT2D eigenvalue weighted by atomic mass is 14.5. The lowest BCUT2D eigenvalue weighted by Crippen LogP contribution is -2.30. The van der Waals surface area contributed by atoms with Crippen LogP contribution in [0.15, 0.2) is 48.5 Å². The number of hydrogen-bond donors (Lipinski definition) is 1. The summed E-state index contributed by atoms with van der Waals surface area (Å²) in [4.78, 5) is 0. The molecule has 0 amide bonds. The van der Waals surface area contributed by atoms with Gasteiger partial charge in [0.15, 0.2) is 0 Å². The van der Waals surface area contributed by atoms with Crippen molar-refractivity contribution >= 4 is 5.69 Å². The van der Waals surface area contributed by atoms with Crippen molar-refractivity contribution in [2.24, 2.45) is 5.41 Å². The summed E-state index contributed by atoms with van der Waals surface area (Å²) in [6, 6.07) is 17.7. The van der Waals surface area contributed by atoms with Gasteiger partial charge in [0, 0.05) is 5.69 Å². The molecular formula is C25H35N. The Morgan fingerprint density at radius 2 is 1.81 bits per heavy atom. The summed E-state index contributed by atoms with van der Waals surface area (Å²) >= 11 is 0. The van der Waals surface area contributed by atoms with Crippen LogP contribution < -0.4 is 5.73 Å². The molecule has 1 saturated carbocycles. The molecule has 0 aromatic heterocycles. The number of unbranched alkanes of at least 4 members (excludes halogenated alkanes) is 2. The quantitative estimate of drug-likeness (QED) is 0.421. The van der Waals surface area contributed by atoms with E-state index in [9.17, 15) is 0 Å². The largest absolute Gasteiger partial charge is 0.399 e. The maximum atomic E-state index is 5.91. The van der Waals surface area contributed by atoms with E-state index in [-0.39, 0.29) is 0 Å². The Bertz CT molecular complexity index is 688. The van der Waals surface area contributed by atoms with Crippen molar-refractivity contribution in [2.75, 3.05) is 5.73 Å². The summed E-state index contributed by atoms with van der Waals surface area (Å²) in [6.45, 7) is 4.59. The van der Waals surface area contributed by atoms with Crippen molar-refractivity contribution < 1.29 is 0 Å². The van der Waals surface area contributed by atoms with E-state index in [0.717, 1.165) is 11.6 Å². The van der Waals surface area contributed by atoms with Crippen LogP contribution >= 0.6 is 0 Å². The molecule has 2 aromatic carbocycles. The summed E-state index contributed by atoms with van der Waals surface area (Å²) in [5, 5.41) is 0. The number of benzene rings is 2. The molecule has 0 radical (unpaired) electrons. The molecule has 1 fully saturated rings. The molecule has 0 spiro atoms. The van der Waals surface area contributed by atoms with Gasteiger partial charge in [-0.3, -0.25) is 0 Å². The zero-order valence-electron chi connectivity index (χ0n) is 16.6. The van der Waals surface area contributed by atoms with E-state index in [4.69, 9.17) is 5.73 Å². The highest BCUT2D eigenvalue weighted by Gasteiger charge is 2.36. The van der Waals surface area contributed by atoms with E-state index in [1.165, 1.54) is 68.9 Å². The molecule has 0 bridgehead atoms. The smallest absolute Gasteiger partial charge is 0.0314 e. The second-order valence-corrected chi connectivity index (χ2v) is 8.53. The lowest BCUT2D eigenvalue weighted by molar-refractivity contribution is 0.148. The first-order valence-corrected chi connectivity index (χ1v) is 10.5. The predicted molar refractivity (Wildman–Crippen MR) is 114 cm³/mol. The van der Waals surface area contributed by atoms with Crippen LogP contribution in [-0.2, 0) is 6.42 Å². The molecule has 0 aliphatic heterocycles. The number of nitrogen functional groups attached to an aromatic ring is 1. The van der Waals surface area contributed by atoms with E-state index in [1.54, 1.807) is 5.56 Å². The lowest BCUT2D eigenvalue weighted by atomic mass is 9.63. The summed E-state index contributed by atoms with van der Waals surface area (Å²) in [7, 11) is 0. The Kier molecular flexibility index (Phi) is 6.40. The van der Waals surface area contributed by atoms with Crippen LogP contribution in [0.1, 0.15) is 80.9 Å². The number of nitrogens with two attached hydrogens (primary N) is 1. The van der Waals surface area contributed by atoms with Gasteiger partial charge < -0.3 is 5.73 Å². The molecule has 2 aromatic rings. The van der Waals surface area contributed by atoms with E-state index in [1.807, 2.05) is 0 Å². The molecule has 1 aliphatic carbocycles. The predicted octanol–water partition coefficient (Wildman–Crippen LogP) is 7.04. The van der Waals surface area contributed by atoms with Gasteiger partial charge in [0.1, 0.15) is 0 Å². The molecule has 1 nitrogen and oxygen atoms in total. The Balaban J connectivity index is 1.82.